The highest BCUT2D eigenvalue weighted by Gasteiger charge is 2.34. The predicted octanol–water partition coefficient (Wildman–Crippen LogP) is 5.94. The Morgan fingerprint density at radius 2 is 1.74 bits per heavy atom. The van der Waals surface area contributed by atoms with E-state index < -0.39 is 0 Å². The van der Waals surface area contributed by atoms with Crippen LogP contribution in [0, 0.1) is 0 Å². The van der Waals surface area contributed by atoms with Crippen molar-refractivity contribution in [3.8, 4) is 11.5 Å². The molecule has 2 aliphatic heterocycles. The van der Waals surface area contributed by atoms with E-state index in [1.807, 2.05) is 35.9 Å². The van der Waals surface area contributed by atoms with Crippen LogP contribution in [0.4, 0.5) is 5.69 Å². The maximum Gasteiger partial charge on any atom is 0.261 e. The van der Waals surface area contributed by atoms with E-state index in [-0.39, 0.29) is 18.3 Å². The summed E-state index contributed by atoms with van der Waals surface area (Å²) in [6.45, 7) is 4.19. The van der Waals surface area contributed by atoms with Crippen molar-refractivity contribution in [3.63, 3.8) is 0 Å². The quantitative estimate of drug-likeness (QED) is 0.400. The van der Waals surface area contributed by atoms with Crippen molar-refractivity contribution < 1.29 is 14.3 Å². The van der Waals surface area contributed by atoms with Gasteiger partial charge in [-0.3, -0.25) is 9.69 Å². The summed E-state index contributed by atoms with van der Waals surface area (Å²) in [4.78, 5) is 17.7. The number of halogens is 3. The minimum Gasteiger partial charge on any atom is -0.493 e. The van der Waals surface area contributed by atoms with E-state index in [2.05, 4.69) is 4.90 Å². The topological polar surface area (TPSA) is 46.9 Å². The molecule has 0 atom stereocenters. The third-order valence-corrected chi connectivity index (χ3v) is 7.42. The molecular formula is C25H28Cl3N3O3. The Morgan fingerprint density at radius 3 is 2.47 bits per heavy atom. The first kappa shape index (κ1) is 25.0. The van der Waals surface area contributed by atoms with Crippen LogP contribution in [0.3, 0.4) is 0 Å². The van der Waals surface area contributed by atoms with Gasteiger partial charge in [-0.05, 0) is 50.2 Å². The van der Waals surface area contributed by atoms with Gasteiger partial charge in [0.05, 0.1) is 40.5 Å². The zero-order valence-corrected chi connectivity index (χ0v) is 21.6. The number of methoxy groups -OCH3 is 1. The number of carbonyl (C=O) groups excluding carboxylic acids is 1. The monoisotopic (exact) mass is 523 g/mol. The normalized spacial score (nSPS) is 16.0. The molecule has 2 aromatic carbocycles. The molecule has 0 radical (unpaired) electrons. The molecule has 182 valence electrons. The molecular weight excluding hydrogens is 497 g/mol. The van der Waals surface area contributed by atoms with Crippen LogP contribution in [0.1, 0.15) is 35.3 Å². The number of fused-ring (bicyclic) bond motifs is 3. The predicted molar refractivity (Wildman–Crippen MR) is 139 cm³/mol. The first-order valence-electron chi connectivity index (χ1n) is 11.3. The van der Waals surface area contributed by atoms with Gasteiger partial charge in [0.25, 0.3) is 5.91 Å². The Hall–Kier alpha value is -2.12. The lowest BCUT2D eigenvalue weighted by Crippen LogP contribution is -2.33. The maximum atomic E-state index is 13.5. The smallest absolute Gasteiger partial charge is 0.261 e. The van der Waals surface area contributed by atoms with Gasteiger partial charge in [0.1, 0.15) is 6.61 Å². The van der Waals surface area contributed by atoms with Crippen molar-refractivity contribution in [1.82, 2.24) is 9.47 Å². The van der Waals surface area contributed by atoms with Gasteiger partial charge in [0.15, 0.2) is 11.5 Å². The number of nitrogens with zero attached hydrogens (tertiary/aromatic N) is 3. The van der Waals surface area contributed by atoms with E-state index in [1.165, 1.54) is 19.3 Å². The van der Waals surface area contributed by atoms with Gasteiger partial charge in [-0.15, -0.1) is 12.4 Å². The molecule has 0 spiro atoms. The SMILES string of the molecule is COc1ccc(N2Cc3c(c4cc(Cl)c(Cl)cc4n3C)C2=O)cc1OCCN1CCCCC1.Cl. The molecule has 3 aromatic rings. The zero-order valence-electron chi connectivity index (χ0n) is 19.3. The van der Waals surface area contributed by atoms with Crippen LogP contribution in [-0.2, 0) is 13.6 Å². The van der Waals surface area contributed by atoms with Crippen LogP contribution >= 0.6 is 35.6 Å². The Bertz CT molecular complexity index is 1220. The molecule has 0 saturated carbocycles. The fourth-order valence-corrected chi connectivity index (χ4v) is 5.21. The standard InChI is InChI=1S/C25H27Cl2N3O3.ClH/c1-28-20-14-19(27)18(26)13-17(20)24-21(28)15-30(25(24)31)16-6-7-22(32-2)23(12-16)33-11-10-29-8-4-3-5-9-29;/h6-7,12-14H,3-5,8-11,15H2,1-2H3;1H. The van der Waals surface area contributed by atoms with Gasteiger partial charge in [-0.2, -0.15) is 0 Å². The van der Waals surface area contributed by atoms with Crippen molar-refractivity contribution in [1.29, 1.82) is 0 Å². The van der Waals surface area contributed by atoms with Crippen molar-refractivity contribution in [2.45, 2.75) is 25.8 Å². The molecule has 5 rings (SSSR count). The van der Waals surface area contributed by atoms with Crippen molar-refractivity contribution in [2.24, 2.45) is 7.05 Å². The molecule has 9 heteroatoms. The lowest BCUT2D eigenvalue weighted by Gasteiger charge is -2.26. The average molecular weight is 525 g/mol. The molecule has 0 N–H and O–H groups in total. The summed E-state index contributed by atoms with van der Waals surface area (Å²) in [5.41, 5.74) is 3.29. The second-order valence-corrected chi connectivity index (χ2v) is 9.46. The van der Waals surface area contributed by atoms with Gasteiger partial charge in [0.2, 0.25) is 0 Å². The average Bonchev–Trinajstić information content (AvgIpc) is 3.30. The van der Waals surface area contributed by atoms with Crippen molar-refractivity contribution >= 4 is 58.1 Å². The number of carbonyl (C=O) groups is 1. The van der Waals surface area contributed by atoms with Gasteiger partial charge in [-0.1, -0.05) is 29.6 Å². The number of aryl methyl sites for hydroxylation is 1. The van der Waals surface area contributed by atoms with Gasteiger partial charge >= 0.3 is 0 Å². The summed E-state index contributed by atoms with van der Waals surface area (Å²) in [6.07, 6.45) is 3.82. The van der Waals surface area contributed by atoms with Gasteiger partial charge in [-0.25, -0.2) is 0 Å². The van der Waals surface area contributed by atoms with Gasteiger partial charge < -0.3 is 18.9 Å². The van der Waals surface area contributed by atoms with E-state index >= 15 is 0 Å². The van der Waals surface area contributed by atoms with Crippen LogP contribution in [0.15, 0.2) is 30.3 Å². The van der Waals surface area contributed by atoms with Crippen molar-refractivity contribution in [2.75, 3.05) is 38.3 Å². The molecule has 0 unspecified atom stereocenters. The number of hydrogen-bond donors (Lipinski definition) is 0. The lowest BCUT2D eigenvalue weighted by atomic mass is 10.1. The molecule has 0 aliphatic carbocycles. The number of aromatic nitrogens is 1. The van der Waals surface area contributed by atoms with E-state index in [1.54, 1.807) is 18.1 Å². The second-order valence-electron chi connectivity index (χ2n) is 8.64. The number of likely N-dealkylation sites (tertiary alicyclic amines) is 1. The molecule has 6 nitrogen and oxygen atoms in total. The van der Waals surface area contributed by atoms with Crippen LogP contribution in [0.2, 0.25) is 10.0 Å². The highest BCUT2D eigenvalue weighted by atomic mass is 35.5. The zero-order chi connectivity index (χ0) is 23.1. The number of benzene rings is 2. The van der Waals surface area contributed by atoms with Crippen LogP contribution in [0.5, 0.6) is 11.5 Å². The fraction of sp³-hybridized carbons (Fsp3) is 0.400. The Kier molecular flexibility index (Phi) is 7.53. The summed E-state index contributed by atoms with van der Waals surface area (Å²) in [7, 11) is 3.58. The van der Waals surface area contributed by atoms with E-state index in [9.17, 15) is 4.79 Å². The molecule has 1 saturated heterocycles. The molecule has 34 heavy (non-hydrogen) atoms. The van der Waals surface area contributed by atoms with Gasteiger partial charge in [0, 0.05) is 30.7 Å². The molecule has 1 fully saturated rings. The summed E-state index contributed by atoms with van der Waals surface area (Å²) >= 11 is 12.5. The lowest BCUT2D eigenvalue weighted by molar-refractivity contribution is 0.0998. The number of anilines is 1. The molecule has 1 amide bonds. The van der Waals surface area contributed by atoms with E-state index in [0.29, 0.717) is 40.3 Å². The van der Waals surface area contributed by atoms with Crippen molar-refractivity contribution in [3.05, 3.63) is 51.6 Å². The van der Waals surface area contributed by atoms with Crippen LogP contribution < -0.4 is 14.4 Å². The molecule has 1 aromatic heterocycles. The van der Waals surface area contributed by atoms with E-state index in [4.69, 9.17) is 32.7 Å². The third-order valence-electron chi connectivity index (χ3n) is 6.70. The number of hydrogen-bond acceptors (Lipinski definition) is 4. The van der Waals surface area contributed by atoms with Crippen LogP contribution in [0.25, 0.3) is 10.9 Å². The number of piperidine rings is 1. The molecule has 3 heterocycles. The maximum absolute atomic E-state index is 13.5. The van der Waals surface area contributed by atoms with E-state index in [0.717, 1.165) is 41.9 Å². The summed E-state index contributed by atoms with van der Waals surface area (Å²) < 4.78 is 13.6. The molecule has 2 aliphatic rings. The number of amides is 1. The summed E-state index contributed by atoms with van der Waals surface area (Å²) in [5.74, 6) is 1.25. The first-order chi connectivity index (χ1) is 16.0. The Morgan fingerprint density at radius 1 is 1.00 bits per heavy atom. The highest BCUT2D eigenvalue weighted by molar-refractivity contribution is 6.43. The second kappa shape index (κ2) is 10.2. The summed E-state index contributed by atoms with van der Waals surface area (Å²) in [5, 5.41) is 1.74. The Labute approximate surface area is 215 Å². The minimum absolute atomic E-state index is 0. The fourth-order valence-electron chi connectivity index (χ4n) is 4.89. The third kappa shape index (κ3) is 4.44. The number of ether oxygens (including phenoxy) is 2. The molecule has 0 bridgehead atoms. The first-order valence-corrected chi connectivity index (χ1v) is 12.0. The number of rotatable bonds is 6. The minimum atomic E-state index is -0.0570. The Balaban J connectivity index is 0.00000274. The van der Waals surface area contributed by atoms with Crippen LogP contribution in [-0.4, -0.2) is 48.7 Å². The summed E-state index contributed by atoms with van der Waals surface area (Å²) in [6, 6.07) is 9.24. The highest BCUT2D eigenvalue weighted by Crippen LogP contribution is 2.40. The largest absolute Gasteiger partial charge is 0.493 e.